The van der Waals surface area contributed by atoms with E-state index in [2.05, 4.69) is 5.32 Å². The van der Waals surface area contributed by atoms with Gasteiger partial charge in [-0.2, -0.15) is 0 Å². The van der Waals surface area contributed by atoms with Crippen LogP contribution in [0.4, 0.5) is 5.69 Å². The number of carbonyl (C=O) groups excluding carboxylic acids is 1. The fraction of sp³-hybridized carbons (Fsp3) is 0.500. The molecule has 20 heavy (non-hydrogen) atoms. The molecule has 0 aromatic heterocycles. The maximum atomic E-state index is 11.8. The van der Waals surface area contributed by atoms with E-state index in [1.165, 1.54) is 12.1 Å². The first-order valence-corrected chi connectivity index (χ1v) is 8.56. The molecule has 1 unspecified atom stereocenters. The van der Waals surface area contributed by atoms with Crippen molar-refractivity contribution in [1.82, 2.24) is 0 Å². The SMILES string of the molecule is CS(=O)(=O)c1ccc(NC(=O)CCC2CCCO2)cc1. The summed E-state index contributed by atoms with van der Waals surface area (Å²) in [7, 11) is -3.20. The van der Waals surface area contributed by atoms with Crippen molar-refractivity contribution in [3.05, 3.63) is 24.3 Å². The van der Waals surface area contributed by atoms with Gasteiger partial charge in [0.2, 0.25) is 5.91 Å². The normalized spacial score (nSPS) is 18.9. The summed E-state index contributed by atoms with van der Waals surface area (Å²) in [5.41, 5.74) is 0.606. The molecule has 1 saturated heterocycles. The zero-order chi connectivity index (χ0) is 14.6. The molecule has 1 fully saturated rings. The molecule has 2 rings (SSSR count). The number of hydrogen-bond donors (Lipinski definition) is 1. The third kappa shape index (κ3) is 4.31. The van der Waals surface area contributed by atoms with Crippen molar-refractivity contribution in [2.24, 2.45) is 0 Å². The molecule has 0 radical (unpaired) electrons. The van der Waals surface area contributed by atoms with E-state index in [0.29, 0.717) is 12.1 Å². The van der Waals surface area contributed by atoms with E-state index >= 15 is 0 Å². The summed E-state index contributed by atoms with van der Waals surface area (Å²) in [6.07, 6.45) is 4.59. The predicted molar refractivity (Wildman–Crippen MR) is 76.4 cm³/mol. The first kappa shape index (κ1) is 15.0. The Hall–Kier alpha value is -1.40. The number of benzene rings is 1. The topological polar surface area (TPSA) is 72.5 Å². The van der Waals surface area contributed by atoms with Gasteiger partial charge in [-0.1, -0.05) is 0 Å². The molecule has 0 spiro atoms. The molecule has 110 valence electrons. The van der Waals surface area contributed by atoms with Gasteiger partial charge in [0, 0.05) is 25.0 Å². The molecule has 1 N–H and O–H groups in total. The van der Waals surface area contributed by atoms with Crippen LogP contribution in [0.1, 0.15) is 25.7 Å². The van der Waals surface area contributed by atoms with E-state index in [4.69, 9.17) is 4.74 Å². The molecule has 1 aromatic rings. The van der Waals surface area contributed by atoms with Crippen molar-refractivity contribution < 1.29 is 17.9 Å². The van der Waals surface area contributed by atoms with E-state index in [0.717, 1.165) is 32.1 Å². The van der Waals surface area contributed by atoms with Crippen molar-refractivity contribution in [1.29, 1.82) is 0 Å². The lowest BCUT2D eigenvalue weighted by Crippen LogP contribution is -2.15. The first-order chi connectivity index (χ1) is 9.45. The molecule has 1 amide bonds. The van der Waals surface area contributed by atoms with Gasteiger partial charge in [-0.05, 0) is 43.5 Å². The summed E-state index contributed by atoms with van der Waals surface area (Å²) in [6, 6.07) is 6.18. The number of anilines is 1. The van der Waals surface area contributed by atoms with Crippen molar-refractivity contribution in [3.8, 4) is 0 Å². The van der Waals surface area contributed by atoms with Gasteiger partial charge in [0.15, 0.2) is 9.84 Å². The van der Waals surface area contributed by atoms with E-state index < -0.39 is 9.84 Å². The summed E-state index contributed by atoms with van der Waals surface area (Å²) in [5, 5.41) is 2.76. The maximum Gasteiger partial charge on any atom is 0.224 e. The highest BCUT2D eigenvalue weighted by Gasteiger charge is 2.16. The second-order valence-electron chi connectivity index (χ2n) is 5.02. The molecule has 0 aliphatic carbocycles. The zero-order valence-corrected chi connectivity index (χ0v) is 12.3. The number of rotatable bonds is 5. The van der Waals surface area contributed by atoms with Crippen LogP contribution in [0.2, 0.25) is 0 Å². The molecule has 1 aliphatic rings. The van der Waals surface area contributed by atoms with Gasteiger partial charge in [0.1, 0.15) is 0 Å². The van der Waals surface area contributed by atoms with Crippen LogP contribution >= 0.6 is 0 Å². The van der Waals surface area contributed by atoms with Gasteiger partial charge >= 0.3 is 0 Å². The van der Waals surface area contributed by atoms with Crippen molar-refractivity contribution in [3.63, 3.8) is 0 Å². The molecule has 0 saturated carbocycles. The monoisotopic (exact) mass is 297 g/mol. The fourth-order valence-electron chi connectivity index (χ4n) is 2.17. The Kier molecular flexibility index (Phi) is 4.77. The van der Waals surface area contributed by atoms with Crippen molar-refractivity contribution >= 4 is 21.4 Å². The number of nitrogens with one attached hydrogen (secondary N) is 1. The molecule has 6 heteroatoms. The molecule has 5 nitrogen and oxygen atoms in total. The van der Waals surface area contributed by atoms with Crippen molar-refractivity contribution in [2.75, 3.05) is 18.2 Å². The Morgan fingerprint density at radius 2 is 2.05 bits per heavy atom. The molecule has 0 bridgehead atoms. The fourth-order valence-corrected chi connectivity index (χ4v) is 2.80. The average Bonchev–Trinajstić information content (AvgIpc) is 2.89. The molecule has 1 heterocycles. The van der Waals surface area contributed by atoms with Crippen LogP contribution in [0, 0.1) is 0 Å². The van der Waals surface area contributed by atoms with Crippen LogP contribution in [0.5, 0.6) is 0 Å². The Labute approximate surface area is 119 Å². The van der Waals surface area contributed by atoms with Gasteiger partial charge in [-0.15, -0.1) is 0 Å². The van der Waals surface area contributed by atoms with Gasteiger partial charge in [0.05, 0.1) is 11.0 Å². The number of ether oxygens (including phenoxy) is 1. The summed E-state index contributed by atoms with van der Waals surface area (Å²) in [4.78, 5) is 12.0. The largest absolute Gasteiger partial charge is 0.378 e. The predicted octanol–water partition coefficient (Wildman–Crippen LogP) is 1.99. The third-order valence-electron chi connectivity index (χ3n) is 3.28. The zero-order valence-electron chi connectivity index (χ0n) is 11.5. The number of hydrogen-bond acceptors (Lipinski definition) is 4. The van der Waals surface area contributed by atoms with E-state index in [1.54, 1.807) is 12.1 Å². The van der Waals surface area contributed by atoms with E-state index in [-0.39, 0.29) is 16.9 Å². The highest BCUT2D eigenvalue weighted by atomic mass is 32.2. The standard InChI is InChI=1S/C14H19NO4S/c1-20(17,18)13-7-4-11(5-8-13)15-14(16)9-6-12-3-2-10-19-12/h4-5,7-8,12H,2-3,6,9-10H2,1H3,(H,15,16). The summed E-state index contributed by atoms with van der Waals surface area (Å²) >= 11 is 0. The van der Waals surface area contributed by atoms with Crippen LogP contribution in [0.25, 0.3) is 0 Å². The number of amides is 1. The lowest BCUT2D eigenvalue weighted by molar-refractivity contribution is -0.116. The first-order valence-electron chi connectivity index (χ1n) is 6.67. The summed E-state index contributed by atoms with van der Waals surface area (Å²) in [6.45, 7) is 0.791. The Morgan fingerprint density at radius 3 is 2.60 bits per heavy atom. The van der Waals surface area contributed by atoms with Crippen molar-refractivity contribution in [2.45, 2.75) is 36.7 Å². The third-order valence-corrected chi connectivity index (χ3v) is 4.41. The Bertz CT molecular complexity index is 559. The summed E-state index contributed by atoms with van der Waals surface area (Å²) < 4.78 is 28.1. The lowest BCUT2D eigenvalue weighted by atomic mass is 10.1. The van der Waals surface area contributed by atoms with E-state index in [9.17, 15) is 13.2 Å². The molecule has 1 aromatic carbocycles. The quantitative estimate of drug-likeness (QED) is 0.902. The van der Waals surface area contributed by atoms with Crippen LogP contribution in [0.3, 0.4) is 0 Å². The maximum absolute atomic E-state index is 11.8. The van der Waals surface area contributed by atoms with Gasteiger partial charge in [-0.3, -0.25) is 4.79 Å². The smallest absolute Gasteiger partial charge is 0.224 e. The van der Waals surface area contributed by atoms with Gasteiger partial charge in [-0.25, -0.2) is 8.42 Å². The van der Waals surface area contributed by atoms with E-state index in [1.807, 2.05) is 0 Å². The molecular weight excluding hydrogens is 278 g/mol. The highest BCUT2D eigenvalue weighted by molar-refractivity contribution is 7.90. The number of carbonyl (C=O) groups is 1. The Balaban J connectivity index is 1.84. The summed E-state index contributed by atoms with van der Waals surface area (Å²) in [5.74, 6) is -0.0763. The minimum absolute atomic E-state index is 0.0763. The molecule has 1 atom stereocenters. The lowest BCUT2D eigenvalue weighted by Gasteiger charge is -2.09. The van der Waals surface area contributed by atoms with Crippen LogP contribution in [-0.2, 0) is 19.4 Å². The molecule has 1 aliphatic heterocycles. The highest BCUT2D eigenvalue weighted by Crippen LogP contribution is 2.18. The van der Waals surface area contributed by atoms with Gasteiger partial charge in [0.25, 0.3) is 0 Å². The average molecular weight is 297 g/mol. The van der Waals surface area contributed by atoms with Crippen LogP contribution < -0.4 is 5.32 Å². The van der Waals surface area contributed by atoms with Crippen LogP contribution in [0.15, 0.2) is 29.2 Å². The second kappa shape index (κ2) is 6.37. The minimum Gasteiger partial charge on any atom is -0.378 e. The second-order valence-corrected chi connectivity index (χ2v) is 7.03. The number of sulfone groups is 1. The minimum atomic E-state index is -3.20. The van der Waals surface area contributed by atoms with Gasteiger partial charge < -0.3 is 10.1 Å². The molecular formula is C14H19NO4S. The van der Waals surface area contributed by atoms with Crippen LogP contribution in [-0.4, -0.2) is 33.3 Å². The Morgan fingerprint density at radius 1 is 1.35 bits per heavy atom.